The van der Waals surface area contributed by atoms with Gasteiger partial charge in [-0.05, 0) is 57.0 Å². The first-order valence-electron chi connectivity index (χ1n) is 7.73. The van der Waals surface area contributed by atoms with Crippen LogP contribution in [0.25, 0.3) is 0 Å². The van der Waals surface area contributed by atoms with E-state index in [2.05, 4.69) is 21.2 Å². The van der Waals surface area contributed by atoms with Gasteiger partial charge < -0.3 is 10.1 Å². The number of hydrogen-bond donors (Lipinski definition) is 1. The highest BCUT2D eigenvalue weighted by Gasteiger charge is 2.22. The summed E-state index contributed by atoms with van der Waals surface area (Å²) in [6.45, 7) is 7.21. The van der Waals surface area contributed by atoms with Gasteiger partial charge in [-0.1, -0.05) is 33.6 Å². The molecule has 0 fully saturated rings. The number of carbonyl (C=O) groups is 2. The monoisotopic (exact) mass is 407 g/mol. The predicted octanol–water partition coefficient (Wildman–Crippen LogP) is 4.70. The molecule has 1 atom stereocenters. The van der Waals surface area contributed by atoms with Gasteiger partial charge in [-0.3, -0.25) is 4.79 Å². The second-order valence-electron chi connectivity index (χ2n) is 5.93. The van der Waals surface area contributed by atoms with E-state index >= 15 is 0 Å². The number of anilines is 1. The average molecular weight is 408 g/mol. The molecule has 0 radical (unpaired) electrons. The number of halogens is 2. The Morgan fingerprint density at radius 3 is 2.28 bits per heavy atom. The Bertz CT molecular complexity index is 812. The summed E-state index contributed by atoms with van der Waals surface area (Å²) in [7, 11) is 0. The van der Waals surface area contributed by atoms with Gasteiger partial charge in [-0.25, -0.2) is 9.18 Å². The molecule has 0 aliphatic carbocycles. The first-order valence-corrected chi connectivity index (χ1v) is 8.53. The van der Waals surface area contributed by atoms with E-state index < -0.39 is 23.8 Å². The van der Waals surface area contributed by atoms with Crippen LogP contribution in [0.15, 0.2) is 34.8 Å². The van der Waals surface area contributed by atoms with E-state index in [1.54, 1.807) is 0 Å². The molecule has 2 rings (SSSR count). The first kappa shape index (κ1) is 19.1. The van der Waals surface area contributed by atoms with Crippen LogP contribution in [-0.2, 0) is 9.53 Å². The fourth-order valence-electron chi connectivity index (χ4n) is 2.53. The SMILES string of the molecule is Cc1cc(C)c(NC(=O)C(C)OC(=O)c2ccc(Br)cc2F)c(C)c1. The van der Waals surface area contributed by atoms with Crippen molar-refractivity contribution in [1.82, 2.24) is 0 Å². The molecule has 2 aromatic carbocycles. The largest absolute Gasteiger partial charge is 0.449 e. The smallest absolute Gasteiger partial charge is 0.341 e. The molecule has 25 heavy (non-hydrogen) atoms. The summed E-state index contributed by atoms with van der Waals surface area (Å²) in [6, 6.07) is 7.91. The quantitative estimate of drug-likeness (QED) is 0.747. The normalized spacial score (nSPS) is 11.8. The highest BCUT2D eigenvalue weighted by atomic mass is 79.9. The third-order valence-corrected chi connectivity index (χ3v) is 4.22. The molecule has 1 N–H and O–H groups in total. The van der Waals surface area contributed by atoms with E-state index in [0.717, 1.165) is 16.7 Å². The fraction of sp³-hybridized carbons (Fsp3) is 0.263. The lowest BCUT2D eigenvalue weighted by molar-refractivity contribution is -0.123. The predicted molar refractivity (Wildman–Crippen MR) is 98.3 cm³/mol. The Balaban J connectivity index is 2.09. The zero-order valence-electron chi connectivity index (χ0n) is 14.4. The van der Waals surface area contributed by atoms with Gasteiger partial charge in [0.1, 0.15) is 5.82 Å². The van der Waals surface area contributed by atoms with Crippen molar-refractivity contribution in [3.8, 4) is 0 Å². The molecule has 0 saturated heterocycles. The van der Waals surface area contributed by atoms with E-state index in [9.17, 15) is 14.0 Å². The van der Waals surface area contributed by atoms with Gasteiger partial charge >= 0.3 is 5.97 Å². The molecule has 0 aliphatic rings. The van der Waals surface area contributed by atoms with Crippen LogP contribution in [0.3, 0.4) is 0 Å². The van der Waals surface area contributed by atoms with Crippen LogP contribution >= 0.6 is 15.9 Å². The molecule has 0 heterocycles. The molecule has 0 aromatic heterocycles. The third kappa shape index (κ3) is 4.66. The van der Waals surface area contributed by atoms with Gasteiger partial charge in [-0.15, -0.1) is 0 Å². The van der Waals surface area contributed by atoms with E-state index in [0.29, 0.717) is 10.2 Å². The van der Waals surface area contributed by atoms with Crippen LogP contribution in [0.1, 0.15) is 34.0 Å². The van der Waals surface area contributed by atoms with Crippen LogP contribution in [0.4, 0.5) is 10.1 Å². The Hall–Kier alpha value is -2.21. The number of esters is 1. The minimum atomic E-state index is -1.06. The molecule has 4 nitrogen and oxygen atoms in total. The zero-order chi connectivity index (χ0) is 18.7. The number of ether oxygens (including phenoxy) is 1. The van der Waals surface area contributed by atoms with E-state index in [1.807, 2.05) is 32.9 Å². The molecule has 0 spiro atoms. The molecule has 0 saturated carbocycles. The number of hydrogen-bond acceptors (Lipinski definition) is 3. The summed E-state index contributed by atoms with van der Waals surface area (Å²) >= 11 is 3.12. The van der Waals surface area contributed by atoms with Crippen molar-refractivity contribution in [2.75, 3.05) is 5.32 Å². The summed E-state index contributed by atoms with van der Waals surface area (Å²) in [5.74, 6) is -2.07. The average Bonchev–Trinajstić information content (AvgIpc) is 2.50. The van der Waals surface area contributed by atoms with Crippen molar-refractivity contribution in [3.63, 3.8) is 0 Å². The second-order valence-corrected chi connectivity index (χ2v) is 6.85. The van der Waals surface area contributed by atoms with Gasteiger partial charge in [0.2, 0.25) is 0 Å². The lowest BCUT2D eigenvalue weighted by Gasteiger charge is -2.17. The first-order chi connectivity index (χ1) is 11.7. The van der Waals surface area contributed by atoms with Crippen molar-refractivity contribution in [3.05, 3.63) is 62.9 Å². The minimum absolute atomic E-state index is 0.217. The molecule has 0 aliphatic heterocycles. The zero-order valence-corrected chi connectivity index (χ0v) is 16.0. The standard InChI is InChI=1S/C19H19BrFNO3/c1-10-7-11(2)17(12(3)8-10)22-18(23)13(4)25-19(24)15-6-5-14(20)9-16(15)21/h5-9,13H,1-4H3,(H,22,23). The highest BCUT2D eigenvalue weighted by molar-refractivity contribution is 9.10. The Labute approximate surface area is 154 Å². The number of benzene rings is 2. The van der Waals surface area contributed by atoms with Crippen LogP contribution in [0, 0.1) is 26.6 Å². The van der Waals surface area contributed by atoms with Gasteiger partial charge in [0.05, 0.1) is 5.56 Å². The second kappa shape index (κ2) is 7.78. The molecule has 6 heteroatoms. The van der Waals surface area contributed by atoms with E-state index in [4.69, 9.17) is 4.74 Å². The number of amides is 1. The fourth-order valence-corrected chi connectivity index (χ4v) is 2.87. The molecular formula is C19H19BrFNO3. The Morgan fingerprint density at radius 1 is 1.12 bits per heavy atom. The van der Waals surface area contributed by atoms with E-state index in [-0.39, 0.29) is 5.56 Å². The summed E-state index contributed by atoms with van der Waals surface area (Å²) in [5, 5.41) is 2.77. The van der Waals surface area contributed by atoms with E-state index in [1.165, 1.54) is 25.1 Å². The van der Waals surface area contributed by atoms with Crippen LogP contribution in [0.2, 0.25) is 0 Å². The van der Waals surface area contributed by atoms with Gasteiger partial charge in [0, 0.05) is 10.2 Å². The maximum absolute atomic E-state index is 13.8. The molecule has 132 valence electrons. The number of nitrogens with one attached hydrogen (secondary N) is 1. The highest BCUT2D eigenvalue weighted by Crippen LogP contribution is 2.22. The van der Waals surface area contributed by atoms with Crippen LogP contribution < -0.4 is 5.32 Å². The minimum Gasteiger partial charge on any atom is -0.449 e. The van der Waals surface area contributed by atoms with Crippen LogP contribution in [0.5, 0.6) is 0 Å². The van der Waals surface area contributed by atoms with Crippen LogP contribution in [-0.4, -0.2) is 18.0 Å². The molecule has 1 unspecified atom stereocenters. The van der Waals surface area contributed by atoms with Crippen molar-refractivity contribution in [2.45, 2.75) is 33.8 Å². The van der Waals surface area contributed by atoms with Gasteiger partial charge in [0.15, 0.2) is 6.10 Å². The van der Waals surface area contributed by atoms with Gasteiger partial charge in [-0.2, -0.15) is 0 Å². The lowest BCUT2D eigenvalue weighted by Crippen LogP contribution is -2.30. The Morgan fingerprint density at radius 2 is 1.72 bits per heavy atom. The molecule has 1 amide bonds. The number of rotatable bonds is 4. The summed E-state index contributed by atoms with van der Waals surface area (Å²) < 4.78 is 19.4. The summed E-state index contributed by atoms with van der Waals surface area (Å²) in [5.41, 5.74) is 3.41. The lowest BCUT2D eigenvalue weighted by atomic mass is 10.0. The number of carbonyl (C=O) groups excluding carboxylic acids is 2. The van der Waals surface area contributed by atoms with Crippen molar-refractivity contribution in [2.24, 2.45) is 0 Å². The summed E-state index contributed by atoms with van der Waals surface area (Å²) in [6.07, 6.45) is -1.06. The molecule has 2 aromatic rings. The maximum Gasteiger partial charge on any atom is 0.341 e. The maximum atomic E-state index is 13.8. The third-order valence-electron chi connectivity index (χ3n) is 3.73. The summed E-state index contributed by atoms with van der Waals surface area (Å²) in [4.78, 5) is 24.4. The topological polar surface area (TPSA) is 55.4 Å². The van der Waals surface area contributed by atoms with Crippen molar-refractivity contribution in [1.29, 1.82) is 0 Å². The molecular weight excluding hydrogens is 389 g/mol. The number of aryl methyl sites for hydroxylation is 3. The molecule has 0 bridgehead atoms. The van der Waals surface area contributed by atoms with Gasteiger partial charge in [0.25, 0.3) is 5.91 Å². The Kier molecular flexibility index (Phi) is 5.95. The van der Waals surface area contributed by atoms with Crippen molar-refractivity contribution >= 4 is 33.5 Å². The van der Waals surface area contributed by atoms with Crippen molar-refractivity contribution < 1.29 is 18.7 Å².